The molecule has 1 aliphatic carbocycles. The molecule has 4 heteroatoms. The maximum atomic E-state index is 14.9. The molecule has 1 saturated heterocycles. The van der Waals surface area contributed by atoms with Crippen LogP contribution < -0.4 is 4.74 Å². The zero-order valence-corrected chi connectivity index (χ0v) is 19.0. The van der Waals surface area contributed by atoms with Gasteiger partial charge in [0.15, 0.2) is 17.9 Å². The van der Waals surface area contributed by atoms with Crippen molar-refractivity contribution in [3.05, 3.63) is 65.2 Å². The van der Waals surface area contributed by atoms with Gasteiger partial charge in [-0.1, -0.05) is 44.0 Å². The second-order valence-electron chi connectivity index (χ2n) is 9.19. The summed E-state index contributed by atoms with van der Waals surface area (Å²) in [6.45, 7) is 2.95. The quantitative estimate of drug-likeness (QED) is 0.402. The second-order valence-corrected chi connectivity index (χ2v) is 9.19. The number of halogens is 2. The van der Waals surface area contributed by atoms with Crippen molar-refractivity contribution in [3.8, 4) is 5.75 Å². The smallest absolute Gasteiger partial charge is 0.199 e. The van der Waals surface area contributed by atoms with E-state index in [1.807, 2.05) is 12.1 Å². The topological polar surface area (TPSA) is 18.5 Å². The second kappa shape index (κ2) is 11.1. The SMILES string of the molecule is CCCC1CCC(c2ccc(/C(F)=C(/F)c3ccc(OC4CCCCO4)cc3)cc2)CC1. The van der Waals surface area contributed by atoms with Gasteiger partial charge in [0.1, 0.15) is 5.75 Å². The lowest BCUT2D eigenvalue weighted by Crippen LogP contribution is -2.24. The average molecular weight is 441 g/mol. The molecule has 2 fully saturated rings. The Morgan fingerprint density at radius 3 is 2.03 bits per heavy atom. The molecule has 172 valence electrons. The molecule has 2 nitrogen and oxygen atoms in total. The molecule has 1 atom stereocenters. The van der Waals surface area contributed by atoms with Crippen molar-refractivity contribution in [2.75, 3.05) is 6.61 Å². The van der Waals surface area contributed by atoms with Crippen molar-refractivity contribution in [2.45, 2.75) is 76.9 Å². The molecule has 1 heterocycles. The van der Waals surface area contributed by atoms with E-state index in [0.717, 1.165) is 25.2 Å². The predicted molar refractivity (Wildman–Crippen MR) is 126 cm³/mol. The molecule has 0 bridgehead atoms. The van der Waals surface area contributed by atoms with Crippen LogP contribution in [-0.2, 0) is 4.74 Å². The van der Waals surface area contributed by atoms with E-state index in [0.29, 0.717) is 18.3 Å². The largest absolute Gasteiger partial charge is 0.465 e. The van der Waals surface area contributed by atoms with Gasteiger partial charge in [-0.05, 0) is 80.2 Å². The lowest BCUT2D eigenvalue weighted by atomic mass is 9.77. The van der Waals surface area contributed by atoms with Gasteiger partial charge < -0.3 is 9.47 Å². The Bertz CT molecular complexity index is 875. The molecule has 1 saturated carbocycles. The molecule has 0 radical (unpaired) electrons. The van der Waals surface area contributed by atoms with Crippen molar-refractivity contribution < 1.29 is 18.3 Å². The van der Waals surface area contributed by atoms with Crippen LogP contribution in [0, 0.1) is 5.92 Å². The molecular formula is C28H34F2O2. The Balaban J connectivity index is 1.39. The molecule has 2 aromatic carbocycles. The first kappa shape index (κ1) is 23.0. The summed E-state index contributed by atoms with van der Waals surface area (Å²) in [5.74, 6) is 0.323. The van der Waals surface area contributed by atoms with Gasteiger partial charge >= 0.3 is 0 Å². The third kappa shape index (κ3) is 5.78. The molecule has 1 aliphatic heterocycles. The summed E-state index contributed by atoms with van der Waals surface area (Å²) in [6.07, 6.45) is 10.2. The van der Waals surface area contributed by atoms with Gasteiger partial charge in [0, 0.05) is 17.5 Å². The summed E-state index contributed by atoms with van der Waals surface area (Å²) < 4.78 is 41.0. The summed E-state index contributed by atoms with van der Waals surface area (Å²) in [7, 11) is 0. The zero-order valence-electron chi connectivity index (χ0n) is 19.0. The first-order chi connectivity index (χ1) is 15.6. The highest BCUT2D eigenvalue weighted by atomic mass is 19.2. The number of hydrogen-bond donors (Lipinski definition) is 0. The van der Waals surface area contributed by atoms with Crippen LogP contribution in [0.25, 0.3) is 11.7 Å². The Hall–Kier alpha value is -2.20. The zero-order chi connectivity index (χ0) is 22.3. The van der Waals surface area contributed by atoms with Crippen LogP contribution in [0.3, 0.4) is 0 Å². The normalized spacial score (nSPS) is 24.7. The molecule has 2 aromatic rings. The fourth-order valence-electron chi connectivity index (χ4n) is 4.98. The van der Waals surface area contributed by atoms with Crippen molar-refractivity contribution in [1.29, 1.82) is 0 Å². The van der Waals surface area contributed by atoms with Crippen LogP contribution in [0.5, 0.6) is 5.75 Å². The van der Waals surface area contributed by atoms with E-state index in [2.05, 4.69) is 6.92 Å². The van der Waals surface area contributed by atoms with E-state index in [-0.39, 0.29) is 17.4 Å². The Morgan fingerprint density at radius 2 is 1.47 bits per heavy atom. The third-order valence-electron chi connectivity index (χ3n) is 6.89. The van der Waals surface area contributed by atoms with Crippen molar-refractivity contribution >= 4 is 11.7 Å². The Kier molecular flexibility index (Phi) is 7.96. The molecule has 0 aromatic heterocycles. The highest BCUT2D eigenvalue weighted by Gasteiger charge is 2.22. The third-order valence-corrected chi connectivity index (χ3v) is 6.89. The molecule has 0 spiro atoms. The molecule has 0 amide bonds. The predicted octanol–water partition coefficient (Wildman–Crippen LogP) is 8.43. The summed E-state index contributed by atoms with van der Waals surface area (Å²) in [5.41, 5.74) is 1.72. The van der Waals surface area contributed by atoms with Crippen LogP contribution in [0.1, 0.15) is 87.3 Å². The lowest BCUT2D eigenvalue weighted by Gasteiger charge is -2.28. The molecule has 0 N–H and O–H groups in total. The molecular weight excluding hydrogens is 406 g/mol. The van der Waals surface area contributed by atoms with E-state index in [9.17, 15) is 8.78 Å². The monoisotopic (exact) mass is 440 g/mol. The minimum atomic E-state index is -0.849. The Labute approximate surface area is 190 Å². The van der Waals surface area contributed by atoms with E-state index < -0.39 is 11.7 Å². The number of benzene rings is 2. The molecule has 2 aliphatic rings. The van der Waals surface area contributed by atoms with E-state index in [1.165, 1.54) is 44.1 Å². The number of hydrogen-bond acceptors (Lipinski definition) is 2. The van der Waals surface area contributed by atoms with E-state index in [4.69, 9.17) is 9.47 Å². The maximum absolute atomic E-state index is 14.9. The minimum absolute atomic E-state index is 0.206. The van der Waals surface area contributed by atoms with Gasteiger partial charge in [0.25, 0.3) is 0 Å². The fraction of sp³-hybridized carbons (Fsp3) is 0.500. The lowest BCUT2D eigenvalue weighted by molar-refractivity contribution is -0.105. The van der Waals surface area contributed by atoms with Crippen molar-refractivity contribution in [3.63, 3.8) is 0 Å². The van der Waals surface area contributed by atoms with Gasteiger partial charge in [-0.3, -0.25) is 0 Å². The first-order valence-electron chi connectivity index (χ1n) is 12.2. The summed E-state index contributed by atoms with van der Waals surface area (Å²) >= 11 is 0. The summed E-state index contributed by atoms with van der Waals surface area (Å²) in [5, 5.41) is 0. The van der Waals surface area contributed by atoms with Crippen LogP contribution in [0.15, 0.2) is 48.5 Å². The Morgan fingerprint density at radius 1 is 0.844 bits per heavy atom. The van der Waals surface area contributed by atoms with Gasteiger partial charge in [-0.25, -0.2) is 8.78 Å². The van der Waals surface area contributed by atoms with Crippen LogP contribution in [0.4, 0.5) is 8.78 Å². The van der Waals surface area contributed by atoms with Gasteiger partial charge in [0.2, 0.25) is 0 Å². The van der Waals surface area contributed by atoms with Crippen LogP contribution >= 0.6 is 0 Å². The first-order valence-corrected chi connectivity index (χ1v) is 12.2. The number of ether oxygens (including phenoxy) is 2. The minimum Gasteiger partial charge on any atom is -0.465 e. The van der Waals surface area contributed by atoms with Crippen LogP contribution in [-0.4, -0.2) is 12.9 Å². The standard InChI is InChI=1S/C28H34F2O2/c1-2-5-20-7-9-21(10-8-20)22-11-13-23(14-12-22)27(29)28(30)24-15-17-25(18-16-24)32-26-6-3-4-19-31-26/h11-18,20-21,26H,2-10,19H2,1H3/b28-27-. The molecule has 32 heavy (non-hydrogen) atoms. The van der Waals surface area contributed by atoms with Gasteiger partial charge in [-0.2, -0.15) is 0 Å². The van der Waals surface area contributed by atoms with Gasteiger partial charge in [0.05, 0.1) is 6.61 Å². The fourth-order valence-corrected chi connectivity index (χ4v) is 4.98. The maximum Gasteiger partial charge on any atom is 0.199 e. The molecule has 4 rings (SSSR count). The molecule has 1 unspecified atom stereocenters. The highest BCUT2D eigenvalue weighted by Crippen LogP contribution is 2.38. The average Bonchev–Trinajstić information content (AvgIpc) is 2.85. The summed E-state index contributed by atoms with van der Waals surface area (Å²) in [6, 6.07) is 13.8. The van der Waals surface area contributed by atoms with E-state index >= 15 is 0 Å². The van der Waals surface area contributed by atoms with Crippen molar-refractivity contribution in [2.24, 2.45) is 5.92 Å². The van der Waals surface area contributed by atoms with E-state index in [1.54, 1.807) is 36.4 Å². The highest BCUT2D eigenvalue weighted by molar-refractivity contribution is 5.83. The van der Waals surface area contributed by atoms with Crippen LogP contribution in [0.2, 0.25) is 0 Å². The van der Waals surface area contributed by atoms with Gasteiger partial charge in [-0.15, -0.1) is 0 Å². The van der Waals surface area contributed by atoms with Crippen molar-refractivity contribution in [1.82, 2.24) is 0 Å². The number of rotatable bonds is 7. The summed E-state index contributed by atoms with van der Waals surface area (Å²) in [4.78, 5) is 0.